The van der Waals surface area contributed by atoms with Crippen LogP contribution in [0.2, 0.25) is 0 Å². The fourth-order valence-electron chi connectivity index (χ4n) is 1.61. The predicted molar refractivity (Wildman–Crippen MR) is 50.1 cm³/mol. The molecule has 1 aliphatic rings. The van der Waals surface area contributed by atoms with Gasteiger partial charge in [-0.1, -0.05) is 0 Å². The van der Waals surface area contributed by atoms with Crippen LogP contribution in [0.25, 0.3) is 0 Å². The lowest BCUT2D eigenvalue weighted by Gasteiger charge is -2.19. The molecule has 0 aromatic carbocycles. The molecule has 2 heterocycles. The highest BCUT2D eigenvalue weighted by atomic mass is 32.1. The van der Waals surface area contributed by atoms with Gasteiger partial charge in [0, 0.05) is 18.1 Å². The van der Waals surface area contributed by atoms with Crippen LogP contribution in [0.1, 0.15) is 12.8 Å². The fraction of sp³-hybridized carbons (Fsp3) is 0.500. The van der Waals surface area contributed by atoms with Crippen molar-refractivity contribution in [1.82, 2.24) is 4.98 Å². The highest BCUT2D eigenvalue weighted by Crippen LogP contribution is 2.26. The molecule has 5 heteroatoms. The molecule has 0 amide bonds. The SMILES string of the molecule is O=C(O)[C@H]1CCCN1c1nccs1. The maximum Gasteiger partial charge on any atom is 0.326 e. The molecule has 0 spiro atoms. The summed E-state index contributed by atoms with van der Waals surface area (Å²) >= 11 is 1.49. The second-order valence-electron chi connectivity index (χ2n) is 3.00. The molecule has 4 nitrogen and oxygen atoms in total. The Bertz CT molecular complexity index is 299. The second kappa shape index (κ2) is 3.33. The Morgan fingerprint density at radius 3 is 3.23 bits per heavy atom. The third-order valence-corrected chi connectivity index (χ3v) is 3.01. The summed E-state index contributed by atoms with van der Waals surface area (Å²) in [5, 5.41) is 11.6. The first kappa shape index (κ1) is 8.50. The summed E-state index contributed by atoms with van der Waals surface area (Å²) in [6, 6.07) is -0.369. The number of carboxylic acids is 1. The van der Waals surface area contributed by atoms with Crippen LogP contribution in [0.5, 0.6) is 0 Å². The van der Waals surface area contributed by atoms with Gasteiger partial charge in [0.2, 0.25) is 0 Å². The van der Waals surface area contributed by atoms with Gasteiger partial charge < -0.3 is 10.0 Å². The second-order valence-corrected chi connectivity index (χ2v) is 3.88. The lowest BCUT2D eigenvalue weighted by atomic mass is 10.2. The average molecular weight is 198 g/mol. The van der Waals surface area contributed by atoms with Gasteiger partial charge in [-0.05, 0) is 12.8 Å². The van der Waals surface area contributed by atoms with Crippen molar-refractivity contribution >= 4 is 22.4 Å². The molecule has 1 fully saturated rings. The summed E-state index contributed by atoms with van der Waals surface area (Å²) in [4.78, 5) is 16.8. The van der Waals surface area contributed by atoms with Crippen LogP contribution in [0.15, 0.2) is 11.6 Å². The van der Waals surface area contributed by atoms with Crippen molar-refractivity contribution in [2.75, 3.05) is 11.4 Å². The van der Waals surface area contributed by atoms with E-state index in [9.17, 15) is 4.79 Å². The Morgan fingerprint density at radius 2 is 2.62 bits per heavy atom. The summed E-state index contributed by atoms with van der Waals surface area (Å²) in [5.74, 6) is -0.743. The van der Waals surface area contributed by atoms with Gasteiger partial charge in [-0.3, -0.25) is 0 Å². The van der Waals surface area contributed by atoms with E-state index in [1.165, 1.54) is 11.3 Å². The molecule has 1 N–H and O–H groups in total. The molecule has 2 rings (SSSR count). The van der Waals surface area contributed by atoms with E-state index >= 15 is 0 Å². The molecular formula is C8H10N2O2S. The van der Waals surface area contributed by atoms with Gasteiger partial charge in [-0.15, -0.1) is 11.3 Å². The van der Waals surface area contributed by atoms with Gasteiger partial charge in [0.1, 0.15) is 6.04 Å². The van der Waals surface area contributed by atoms with Crippen molar-refractivity contribution in [3.8, 4) is 0 Å². The zero-order valence-corrected chi connectivity index (χ0v) is 7.83. The number of nitrogens with zero attached hydrogens (tertiary/aromatic N) is 2. The summed E-state index contributed by atoms with van der Waals surface area (Å²) in [5.41, 5.74) is 0. The zero-order chi connectivity index (χ0) is 9.26. The first-order valence-corrected chi connectivity index (χ1v) is 5.06. The standard InChI is InChI=1S/C8H10N2O2S/c11-7(12)6-2-1-4-10(6)8-9-3-5-13-8/h3,5-6H,1-2,4H2,(H,11,12)/t6-/m1/s1. The number of carbonyl (C=O) groups is 1. The normalized spacial score (nSPS) is 22.2. The van der Waals surface area contributed by atoms with Crippen LogP contribution in [0.4, 0.5) is 5.13 Å². The number of rotatable bonds is 2. The Balaban J connectivity index is 2.19. The third kappa shape index (κ3) is 1.51. The van der Waals surface area contributed by atoms with Crippen molar-refractivity contribution in [3.63, 3.8) is 0 Å². The van der Waals surface area contributed by atoms with Crippen molar-refractivity contribution in [3.05, 3.63) is 11.6 Å². The van der Waals surface area contributed by atoms with Gasteiger partial charge >= 0.3 is 5.97 Å². The Kier molecular flexibility index (Phi) is 2.18. The van der Waals surface area contributed by atoms with E-state index < -0.39 is 5.97 Å². The first-order valence-electron chi connectivity index (χ1n) is 4.18. The number of aromatic nitrogens is 1. The number of carboxylic acid groups (broad SMARTS) is 1. The lowest BCUT2D eigenvalue weighted by Crippen LogP contribution is -2.35. The lowest BCUT2D eigenvalue weighted by molar-refractivity contribution is -0.138. The maximum atomic E-state index is 10.8. The monoisotopic (exact) mass is 198 g/mol. The van der Waals surface area contributed by atoms with E-state index in [4.69, 9.17) is 5.11 Å². The largest absolute Gasteiger partial charge is 0.480 e. The zero-order valence-electron chi connectivity index (χ0n) is 7.01. The van der Waals surface area contributed by atoms with Gasteiger partial charge in [0.25, 0.3) is 0 Å². The van der Waals surface area contributed by atoms with Crippen LogP contribution in [0.3, 0.4) is 0 Å². The van der Waals surface area contributed by atoms with Crippen LogP contribution in [-0.4, -0.2) is 28.6 Å². The minimum Gasteiger partial charge on any atom is -0.480 e. The quantitative estimate of drug-likeness (QED) is 0.775. The summed E-state index contributed by atoms with van der Waals surface area (Å²) in [7, 11) is 0. The predicted octanol–water partition coefficient (Wildman–Crippen LogP) is 1.20. The molecule has 70 valence electrons. The molecule has 0 saturated carbocycles. The van der Waals surface area contributed by atoms with Crippen molar-refractivity contribution in [2.24, 2.45) is 0 Å². The first-order chi connectivity index (χ1) is 6.29. The molecule has 0 aliphatic carbocycles. The smallest absolute Gasteiger partial charge is 0.326 e. The molecule has 1 aliphatic heterocycles. The topological polar surface area (TPSA) is 53.4 Å². The van der Waals surface area contributed by atoms with Crippen LogP contribution >= 0.6 is 11.3 Å². The summed E-state index contributed by atoms with van der Waals surface area (Å²) in [6.45, 7) is 0.810. The highest BCUT2D eigenvalue weighted by Gasteiger charge is 2.31. The minimum absolute atomic E-state index is 0.369. The van der Waals surface area contributed by atoms with E-state index in [0.29, 0.717) is 0 Å². The number of hydrogen-bond donors (Lipinski definition) is 1. The maximum absolute atomic E-state index is 10.8. The molecule has 0 bridgehead atoms. The fourth-order valence-corrected chi connectivity index (χ4v) is 2.33. The third-order valence-electron chi connectivity index (χ3n) is 2.20. The van der Waals surface area contributed by atoms with Crippen molar-refractivity contribution in [2.45, 2.75) is 18.9 Å². The number of thiazole rings is 1. The van der Waals surface area contributed by atoms with Crippen LogP contribution in [-0.2, 0) is 4.79 Å². The van der Waals surface area contributed by atoms with Gasteiger partial charge in [0.05, 0.1) is 0 Å². The summed E-state index contributed by atoms with van der Waals surface area (Å²) in [6.07, 6.45) is 3.38. The molecule has 1 atom stereocenters. The van der Waals surface area contributed by atoms with Gasteiger partial charge in [0.15, 0.2) is 5.13 Å². The Labute approximate surface area is 79.8 Å². The minimum atomic E-state index is -0.743. The van der Waals surface area contributed by atoms with Crippen molar-refractivity contribution in [1.29, 1.82) is 0 Å². The number of anilines is 1. The molecule has 1 aromatic heterocycles. The Hall–Kier alpha value is -1.10. The molecule has 0 radical (unpaired) electrons. The number of hydrogen-bond acceptors (Lipinski definition) is 4. The van der Waals surface area contributed by atoms with Crippen LogP contribution < -0.4 is 4.90 Å². The molecular weight excluding hydrogens is 188 g/mol. The average Bonchev–Trinajstić information content (AvgIpc) is 2.74. The molecule has 1 aromatic rings. The van der Waals surface area contributed by atoms with Crippen LogP contribution in [0, 0.1) is 0 Å². The van der Waals surface area contributed by atoms with E-state index in [2.05, 4.69) is 4.98 Å². The molecule has 13 heavy (non-hydrogen) atoms. The Morgan fingerprint density at radius 1 is 1.77 bits per heavy atom. The number of aliphatic carboxylic acids is 1. The van der Waals surface area contributed by atoms with Gasteiger partial charge in [-0.25, -0.2) is 9.78 Å². The van der Waals surface area contributed by atoms with Gasteiger partial charge in [-0.2, -0.15) is 0 Å². The van der Waals surface area contributed by atoms with E-state index in [0.717, 1.165) is 24.5 Å². The van der Waals surface area contributed by atoms with E-state index in [1.807, 2.05) is 10.3 Å². The molecule has 0 unspecified atom stereocenters. The van der Waals surface area contributed by atoms with Crippen molar-refractivity contribution < 1.29 is 9.90 Å². The van der Waals surface area contributed by atoms with E-state index in [1.54, 1.807) is 6.20 Å². The van der Waals surface area contributed by atoms with E-state index in [-0.39, 0.29) is 6.04 Å². The molecule has 1 saturated heterocycles. The summed E-state index contributed by atoms with van der Waals surface area (Å²) < 4.78 is 0. The highest BCUT2D eigenvalue weighted by molar-refractivity contribution is 7.13.